The van der Waals surface area contributed by atoms with Crippen LogP contribution in [0.2, 0.25) is 0 Å². The van der Waals surface area contributed by atoms with Crippen molar-refractivity contribution < 1.29 is 9.13 Å². The second-order valence-corrected chi connectivity index (χ2v) is 5.58. The van der Waals surface area contributed by atoms with E-state index in [0.717, 1.165) is 23.1 Å². The van der Waals surface area contributed by atoms with Crippen LogP contribution >= 0.6 is 0 Å². The molecule has 25 heavy (non-hydrogen) atoms. The molecular formula is C22H30FNO. The van der Waals surface area contributed by atoms with Crippen LogP contribution in [-0.4, -0.2) is 26.1 Å². The smallest absolute Gasteiger partial charge is 0.115 e. The minimum absolute atomic E-state index is 0.438. The number of allylic oxidation sites excluding steroid dienone is 7. The van der Waals surface area contributed by atoms with Gasteiger partial charge in [-0.15, -0.1) is 5.73 Å². The standard InChI is InChI=1S/C22H30FNO/c1-8-11-19(10-3)18(6)21(16-25-7)15-24-22(12-9-2)13-20(14-23)17(4)5/h9,11-13,15H,1,4,10,14,16H2,2-3,5-7H3/b12-9-,19-18-,20-13?,21-15+,24-22-. The zero-order chi connectivity index (χ0) is 19.2. The molecule has 0 rings (SSSR count). The predicted molar refractivity (Wildman–Crippen MR) is 108 cm³/mol. The summed E-state index contributed by atoms with van der Waals surface area (Å²) >= 11 is 0. The maximum Gasteiger partial charge on any atom is 0.115 e. The molecule has 0 unspecified atom stereocenters. The quantitative estimate of drug-likeness (QED) is 0.268. The van der Waals surface area contributed by atoms with Gasteiger partial charge < -0.3 is 4.74 Å². The Morgan fingerprint density at radius 2 is 1.96 bits per heavy atom. The van der Waals surface area contributed by atoms with Crippen LogP contribution in [0.5, 0.6) is 0 Å². The molecule has 0 aliphatic carbocycles. The van der Waals surface area contributed by atoms with Crippen molar-refractivity contribution in [2.24, 2.45) is 4.99 Å². The molecule has 0 radical (unpaired) electrons. The van der Waals surface area contributed by atoms with Gasteiger partial charge in [0.25, 0.3) is 0 Å². The van der Waals surface area contributed by atoms with Gasteiger partial charge in [-0.2, -0.15) is 0 Å². The molecule has 3 heteroatoms. The fourth-order valence-electron chi connectivity index (χ4n) is 2.11. The van der Waals surface area contributed by atoms with Crippen LogP contribution in [-0.2, 0) is 4.74 Å². The van der Waals surface area contributed by atoms with Crippen LogP contribution in [0.1, 0.15) is 34.1 Å². The molecule has 0 bridgehead atoms. The van der Waals surface area contributed by atoms with E-state index < -0.39 is 6.67 Å². The average molecular weight is 343 g/mol. The molecule has 0 aromatic carbocycles. The molecule has 0 aromatic heterocycles. The van der Waals surface area contributed by atoms with E-state index in [9.17, 15) is 4.39 Å². The Bertz CT molecular complexity index is 654. The van der Waals surface area contributed by atoms with Crippen molar-refractivity contribution in [2.75, 3.05) is 20.4 Å². The van der Waals surface area contributed by atoms with E-state index in [1.165, 1.54) is 0 Å². The first-order valence-electron chi connectivity index (χ1n) is 8.31. The number of methoxy groups -OCH3 is 1. The second kappa shape index (κ2) is 13.1. The van der Waals surface area contributed by atoms with Crippen LogP contribution < -0.4 is 0 Å². The number of halogens is 1. The fraction of sp³-hybridized carbons (Fsp3) is 0.364. The SMILES string of the molecule is C=C=C\C(CC)=C(C)/C(=C/N=C(C=C(CF)C(=C)C)/C=C\C)COC. The summed E-state index contributed by atoms with van der Waals surface area (Å²) in [4.78, 5) is 4.52. The molecule has 0 aliphatic heterocycles. The third-order valence-corrected chi connectivity index (χ3v) is 3.64. The first-order chi connectivity index (χ1) is 11.9. The Labute approximate surface area is 152 Å². The van der Waals surface area contributed by atoms with Gasteiger partial charge in [0.2, 0.25) is 0 Å². The van der Waals surface area contributed by atoms with Crippen molar-refractivity contribution in [1.82, 2.24) is 0 Å². The van der Waals surface area contributed by atoms with E-state index in [-0.39, 0.29) is 0 Å². The fourth-order valence-corrected chi connectivity index (χ4v) is 2.11. The van der Waals surface area contributed by atoms with Gasteiger partial charge in [0.05, 0.1) is 12.3 Å². The number of nitrogens with zero attached hydrogens (tertiary/aromatic N) is 1. The zero-order valence-corrected chi connectivity index (χ0v) is 16.2. The van der Waals surface area contributed by atoms with Crippen molar-refractivity contribution in [1.29, 1.82) is 0 Å². The largest absolute Gasteiger partial charge is 0.380 e. The van der Waals surface area contributed by atoms with Crippen LogP contribution in [0.3, 0.4) is 0 Å². The molecule has 0 spiro atoms. The van der Waals surface area contributed by atoms with Crippen LogP contribution in [0.25, 0.3) is 0 Å². The van der Waals surface area contributed by atoms with Crippen LogP contribution in [0, 0.1) is 0 Å². The number of alkyl halides is 1. The summed E-state index contributed by atoms with van der Waals surface area (Å²) in [5.41, 5.74) is 7.88. The highest BCUT2D eigenvalue weighted by Crippen LogP contribution is 2.19. The normalized spacial score (nSPS) is 14.4. The van der Waals surface area contributed by atoms with Gasteiger partial charge in [0.15, 0.2) is 0 Å². The Morgan fingerprint density at radius 1 is 1.28 bits per heavy atom. The molecule has 0 N–H and O–H groups in total. The molecule has 0 heterocycles. The molecule has 136 valence electrons. The predicted octanol–water partition coefficient (Wildman–Crippen LogP) is 6.07. The molecule has 0 aromatic rings. The highest BCUT2D eigenvalue weighted by Gasteiger charge is 2.05. The molecule has 0 saturated heterocycles. The molecule has 0 atom stereocenters. The van der Waals surface area contributed by atoms with Crippen molar-refractivity contribution >= 4 is 5.71 Å². The minimum Gasteiger partial charge on any atom is -0.380 e. The van der Waals surface area contributed by atoms with Crippen LogP contribution in [0.15, 0.2) is 82.3 Å². The van der Waals surface area contributed by atoms with Gasteiger partial charge in [0, 0.05) is 13.3 Å². The summed E-state index contributed by atoms with van der Waals surface area (Å²) in [6.07, 6.45) is 9.93. The van der Waals surface area contributed by atoms with E-state index in [2.05, 4.69) is 30.8 Å². The first-order valence-corrected chi connectivity index (χ1v) is 8.31. The lowest BCUT2D eigenvalue weighted by atomic mass is 10.0. The zero-order valence-electron chi connectivity index (χ0n) is 16.2. The van der Waals surface area contributed by atoms with Gasteiger partial charge in [-0.25, -0.2) is 4.39 Å². The summed E-state index contributed by atoms with van der Waals surface area (Å²) in [6.45, 7) is 15.1. The molecule has 0 fully saturated rings. The third-order valence-electron chi connectivity index (χ3n) is 3.64. The van der Waals surface area contributed by atoms with Crippen molar-refractivity contribution in [3.05, 3.63) is 77.3 Å². The Kier molecular flexibility index (Phi) is 11.9. The highest BCUT2D eigenvalue weighted by atomic mass is 19.1. The topological polar surface area (TPSA) is 21.6 Å². The molecular weight excluding hydrogens is 313 g/mol. The Balaban J connectivity index is 6.08. The van der Waals surface area contributed by atoms with Crippen molar-refractivity contribution in [3.63, 3.8) is 0 Å². The summed E-state index contributed by atoms with van der Waals surface area (Å²) in [7, 11) is 1.65. The number of hydrogen-bond acceptors (Lipinski definition) is 2. The number of rotatable bonds is 10. The van der Waals surface area contributed by atoms with Crippen LogP contribution in [0.4, 0.5) is 4.39 Å². The van der Waals surface area contributed by atoms with E-state index in [1.54, 1.807) is 26.3 Å². The van der Waals surface area contributed by atoms with E-state index in [1.807, 2.05) is 32.1 Å². The average Bonchev–Trinajstić information content (AvgIpc) is 2.59. The number of aliphatic imine (C=N–C) groups is 1. The van der Waals surface area contributed by atoms with Crippen molar-refractivity contribution in [3.8, 4) is 0 Å². The van der Waals surface area contributed by atoms with E-state index in [0.29, 0.717) is 23.5 Å². The van der Waals surface area contributed by atoms with Gasteiger partial charge in [-0.1, -0.05) is 31.7 Å². The van der Waals surface area contributed by atoms with Gasteiger partial charge >= 0.3 is 0 Å². The minimum atomic E-state index is -0.566. The highest BCUT2D eigenvalue weighted by molar-refractivity contribution is 6.05. The Morgan fingerprint density at radius 3 is 2.40 bits per heavy atom. The molecule has 0 amide bonds. The second-order valence-electron chi connectivity index (χ2n) is 5.58. The molecule has 0 aliphatic rings. The summed E-state index contributed by atoms with van der Waals surface area (Å²) in [6, 6.07) is 0. The van der Waals surface area contributed by atoms with E-state index in [4.69, 9.17) is 4.74 Å². The lowest BCUT2D eigenvalue weighted by Crippen LogP contribution is -2.00. The van der Waals surface area contributed by atoms with E-state index >= 15 is 0 Å². The first kappa shape index (κ1) is 22.8. The monoisotopic (exact) mass is 343 g/mol. The number of ether oxygens (including phenoxy) is 1. The summed E-state index contributed by atoms with van der Waals surface area (Å²) in [5.74, 6) is 0. The van der Waals surface area contributed by atoms with Gasteiger partial charge in [-0.05, 0) is 67.7 Å². The summed E-state index contributed by atoms with van der Waals surface area (Å²) < 4.78 is 18.4. The van der Waals surface area contributed by atoms with Crippen molar-refractivity contribution in [2.45, 2.75) is 34.1 Å². The Hall–Kier alpha value is -2.22. The van der Waals surface area contributed by atoms with Gasteiger partial charge in [0.1, 0.15) is 6.67 Å². The lowest BCUT2D eigenvalue weighted by Gasteiger charge is -2.10. The molecule has 2 nitrogen and oxygen atoms in total. The lowest BCUT2D eigenvalue weighted by molar-refractivity contribution is 0.227. The number of hydrogen-bond donors (Lipinski definition) is 0. The summed E-state index contributed by atoms with van der Waals surface area (Å²) in [5, 5.41) is 0. The third kappa shape index (κ3) is 8.44. The molecule has 0 saturated carbocycles. The maximum atomic E-state index is 13.1. The van der Waals surface area contributed by atoms with Gasteiger partial charge in [-0.3, -0.25) is 4.99 Å². The maximum absolute atomic E-state index is 13.1.